The van der Waals surface area contributed by atoms with E-state index in [2.05, 4.69) is 10.8 Å². The van der Waals surface area contributed by atoms with Gasteiger partial charge in [0.25, 0.3) is 5.91 Å². The van der Waals surface area contributed by atoms with Gasteiger partial charge in [0.15, 0.2) is 12.2 Å². The maximum Gasteiger partial charge on any atom is 0.335 e. The SMILES string of the molecule is CNOCCOCCOCCNC(=O)c1cc(CO)ccc1O[C@@H]1O[C@H](C(=O)OC)[C@@H](C)[C@H](C)[C@H]1OC(C)=O. The molecule has 1 aliphatic heterocycles. The molecule has 1 amide bonds. The fourth-order valence-electron chi connectivity index (χ4n) is 3.94. The highest BCUT2D eigenvalue weighted by atomic mass is 16.7. The fourth-order valence-corrected chi connectivity index (χ4v) is 3.94. The highest BCUT2D eigenvalue weighted by Crippen LogP contribution is 2.35. The standard InChI is InChI=1S/C26H40N2O11/c1-16-17(2)23(37-18(3)30)26(39-22(16)25(32)33-5)38-21-7-6-19(15-29)14-20(21)24(31)28-8-9-34-10-11-35-12-13-36-27-4/h6-7,14,16-17,22-23,26-27,29H,8-13,15H2,1-5H3,(H,28,31)/t16-,17-,22-,23+,26+/m0/s1. The minimum absolute atomic E-state index is 0.121. The van der Waals surface area contributed by atoms with E-state index in [1.165, 1.54) is 26.2 Å². The minimum atomic E-state index is -1.20. The van der Waals surface area contributed by atoms with Crippen LogP contribution in [0.2, 0.25) is 0 Å². The van der Waals surface area contributed by atoms with Crippen molar-refractivity contribution in [3.63, 3.8) is 0 Å². The van der Waals surface area contributed by atoms with Gasteiger partial charge < -0.3 is 38.8 Å². The number of aliphatic hydroxyl groups excluding tert-OH is 1. The summed E-state index contributed by atoms with van der Waals surface area (Å²) in [5.41, 5.74) is 3.16. The van der Waals surface area contributed by atoms with Gasteiger partial charge in [0.1, 0.15) is 5.75 Å². The number of ether oxygens (including phenoxy) is 6. The van der Waals surface area contributed by atoms with Crippen LogP contribution in [0.4, 0.5) is 0 Å². The first-order chi connectivity index (χ1) is 18.7. The van der Waals surface area contributed by atoms with E-state index in [1.807, 2.05) is 6.92 Å². The number of carbonyl (C=O) groups is 3. The number of amides is 1. The summed E-state index contributed by atoms with van der Waals surface area (Å²) < 4.78 is 33.1. The first kappa shape index (κ1) is 32.4. The number of benzene rings is 1. The van der Waals surface area contributed by atoms with Crippen molar-refractivity contribution in [2.24, 2.45) is 11.8 Å². The lowest BCUT2D eigenvalue weighted by molar-refractivity contribution is -0.248. The molecule has 1 heterocycles. The molecular formula is C26H40N2O11. The molecule has 0 unspecified atom stereocenters. The molecule has 1 aromatic carbocycles. The second-order valence-corrected chi connectivity index (χ2v) is 8.88. The van der Waals surface area contributed by atoms with Crippen LogP contribution in [0.3, 0.4) is 0 Å². The first-order valence-electron chi connectivity index (χ1n) is 12.8. The molecule has 0 saturated carbocycles. The van der Waals surface area contributed by atoms with E-state index >= 15 is 0 Å². The third kappa shape index (κ3) is 10.0. The van der Waals surface area contributed by atoms with Crippen molar-refractivity contribution < 1.29 is 52.7 Å². The van der Waals surface area contributed by atoms with Crippen LogP contribution >= 0.6 is 0 Å². The van der Waals surface area contributed by atoms with Gasteiger partial charge in [-0.05, 0) is 23.6 Å². The summed E-state index contributed by atoms with van der Waals surface area (Å²) in [4.78, 5) is 42.1. The van der Waals surface area contributed by atoms with E-state index in [1.54, 1.807) is 20.0 Å². The van der Waals surface area contributed by atoms with Crippen LogP contribution in [0.15, 0.2) is 18.2 Å². The van der Waals surface area contributed by atoms with Crippen molar-refractivity contribution in [2.75, 3.05) is 53.7 Å². The summed E-state index contributed by atoms with van der Waals surface area (Å²) >= 11 is 0. The van der Waals surface area contributed by atoms with E-state index in [0.717, 1.165) is 0 Å². The molecule has 2 rings (SSSR count). The molecule has 0 radical (unpaired) electrons. The molecule has 220 valence electrons. The molecule has 5 atom stereocenters. The summed E-state index contributed by atoms with van der Waals surface area (Å²) in [7, 11) is 2.92. The lowest BCUT2D eigenvalue weighted by Crippen LogP contribution is -2.55. The number of hydrogen-bond donors (Lipinski definition) is 3. The van der Waals surface area contributed by atoms with Crippen molar-refractivity contribution in [3.8, 4) is 5.75 Å². The Kier molecular flexibility index (Phi) is 14.1. The molecule has 1 fully saturated rings. The Labute approximate surface area is 228 Å². The molecule has 13 nitrogen and oxygen atoms in total. The molecule has 0 bridgehead atoms. The minimum Gasteiger partial charge on any atom is -0.467 e. The van der Waals surface area contributed by atoms with E-state index in [0.29, 0.717) is 32.0 Å². The lowest BCUT2D eigenvalue weighted by Gasteiger charge is -2.42. The Morgan fingerprint density at radius 1 is 1.03 bits per heavy atom. The van der Waals surface area contributed by atoms with Crippen LogP contribution in [-0.4, -0.2) is 95.2 Å². The van der Waals surface area contributed by atoms with Crippen LogP contribution in [0, 0.1) is 11.8 Å². The van der Waals surface area contributed by atoms with Crippen molar-refractivity contribution in [2.45, 2.75) is 45.9 Å². The summed E-state index contributed by atoms with van der Waals surface area (Å²) in [6.45, 7) is 6.60. The number of aliphatic hydroxyl groups is 1. The topological polar surface area (TPSA) is 160 Å². The van der Waals surface area contributed by atoms with Gasteiger partial charge in [0.05, 0.1) is 52.3 Å². The average Bonchev–Trinajstić information content (AvgIpc) is 2.93. The molecule has 39 heavy (non-hydrogen) atoms. The lowest BCUT2D eigenvalue weighted by atomic mass is 9.83. The predicted molar refractivity (Wildman–Crippen MR) is 137 cm³/mol. The second-order valence-electron chi connectivity index (χ2n) is 8.88. The van der Waals surface area contributed by atoms with Crippen LogP contribution in [-0.2, 0) is 44.7 Å². The Morgan fingerprint density at radius 3 is 2.36 bits per heavy atom. The monoisotopic (exact) mass is 556 g/mol. The van der Waals surface area contributed by atoms with E-state index in [-0.39, 0.29) is 42.9 Å². The Morgan fingerprint density at radius 2 is 1.72 bits per heavy atom. The van der Waals surface area contributed by atoms with E-state index < -0.39 is 36.3 Å². The van der Waals surface area contributed by atoms with Crippen LogP contribution < -0.4 is 15.5 Å². The van der Waals surface area contributed by atoms with Gasteiger partial charge in [-0.3, -0.25) is 14.4 Å². The largest absolute Gasteiger partial charge is 0.467 e. The van der Waals surface area contributed by atoms with Gasteiger partial charge in [-0.1, -0.05) is 19.9 Å². The van der Waals surface area contributed by atoms with Crippen molar-refractivity contribution >= 4 is 17.8 Å². The van der Waals surface area contributed by atoms with Gasteiger partial charge in [-0.15, -0.1) is 0 Å². The zero-order valence-corrected chi connectivity index (χ0v) is 23.1. The van der Waals surface area contributed by atoms with Gasteiger partial charge in [-0.2, -0.15) is 0 Å². The molecule has 1 saturated heterocycles. The molecule has 13 heteroatoms. The molecule has 0 aromatic heterocycles. The third-order valence-electron chi connectivity index (χ3n) is 6.20. The highest BCUT2D eigenvalue weighted by molar-refractivity contribution is 5.97. The number of hydrogen-bond acceptors (Lipinski definition) is 12. The Bertz CT molecular complexity index is 929. The molecule has 0 spiro atoms. The number of methoxy groups -OCH3 is 1. The quantitative estimate of drug-likeness (QED) is 0.148. The Hall–Kier alpha value is -2.81. The molecule has 1 aliphatic rings. The predicted octanol–water partition coefficient (Wildman–Crippen LogP) is 0.574. The van der Waals surface area contributed by atoms with Crippen molar-refractivity contribution in [1.82, 2.24) is 10.8 Å². The van der Waals surface area contributed by atoms with Gasteiger partial charge in [0.2, 0.25) is 6.29 Å². The number of nitrogens with one attached hydrogen (secondary N) is 2. The first-order valence-corrected chi connectivity index (χ1v) is 12.8. The van der Waals surface area contributed by atoms with E-state index in [9.17, 15) is 19.5 Å². The summed E-state index contributed by atoms with van der Waals surface area (Å²) in [5.74, 6) is -2.16. The van der Waals surface area contributed by atoms with E-state index in [4.69, 9.17) is 33.3 Å². The van der Waals surface area contributed by atoms with Gasteiger partial charge >= 0.3 is 11.9 Å². The van der Waals surface area contributed by atoms with Gasteiger partial charge in [0, 0.05) is 26.4 Å². The zero-order valence-electron chi connectivity index (χ0n) is 23.1. The smallest absolute Gasteiger partial charge is 0.335 e. The van der Waals surface area contributed by atoms with Crippen molar-refractivity contribution in [1.29, 1.82) is 0 Å². The molecule has 0 aliphatic carbocycles. The zero-order chi connectivity index (χ0) is 28.8. The maximum absolute atomic E-state index is 13.0. The third-order valence-corrected chi connectivity index (χ3v) is 6.20. The van der Waals surface area contributed by atoms with Crippen LogP contribution in [0.25, 0.3) is 0 Å². The van der Waals surface area contributed by atoms with Crippen LogP contribution in [0.1, 0.15) is 36.7 Å². The number of carbonyl (C=O) groups excluding carboxylic acids is 3. The number of esters is 2. The average molecular weight is 557 g/mol. The molecule has 1 aromatic rings. The highest BCUT2D eigenvalue weighted by Gasteiger charge is 2.48. The second kappa shape index (κ2) is 17.0. The van der Waals surface area contributed by atoms with Crippen LogP contribution in [0.5, 0.6) is 5.75 Å². The number of hydroxylamine groups is 1. The summed E-state index contributed by atoms with van der Waals surface area (Å²) in [6.07, 6.45) is -3.02. The molecular weight excluding hydrogens is 516 g/mol. The Balaban J connectivity index is 2.07. The molecule has 3 N–H and O–H groups in total. The van der Waals surface area contributed by atoms with Gasteiger partial charge in [-0.25, -0.2) is 10.3 Å². The fraction of sp³-hybridized carbons (Fsp3) is 0.654. The van der Waals surface area contributed by atoms with Crippen molar-refractivity contribution in [3.05, 3.63) is 29.3 Å². The maximum atomic E-state index is 13.0. The summed E-state index contributed by atoms with van der Waals surface area (Å²) in [6, 6.07) is 4.58. The normalized spacial score (nSPS) is 22.7. The summed E-state index contributed by atoms with van der Waals surface area (Å²) in [5, 5.41) is 12.3. The number of rotatable bonds is 16.